The van der Waals surface area contributed by atoms with Gasteiger partial charge in [-0.2, -0.15) is 0 Å². The van der Waals surface area contributed by atoms with Crippen molar-refractivity contribution in [1.29, 1.82) is 0 Å². The van der Waals surface area contributed by atoms with Gasteiger partial charge in [-0.25, -0.2) is 0 Å². The van der Waals surface area contributed by atoms with E-state index in [1.165, 1.54) is 38.3 Å². The fourth-order valence-corrected chi connectivity index (χ4v) is 3.88. The van der Waals surface area contributed by atoms with Gasteiger partial charge in [-0.1, -0.05) is 34.1 Å². The lowest BCUT2D eigenvalue weighted by atomic mass is 10.1. The molecule has 0 amide bonds. The molecule has 5 nitrogen and oxygen atoms in total. The number of guanidine groups is 1. The largest absolute Gasteiger partial charge is 0.355 e. The van der Waals surface area contributed by atoms with Crippen molar-refractivity contribution < 1.29 is 0 Å². The predicted molar refractivity (Wildman–Crippen MR) is 114 cm³/mol. The summed E-state index contributed by atoms with van der Waals surface area (Å²) in [6, 6.07) is 8.95. The quantitative estimate of drug-likeness (QED) is 0.384. The van der Waals surface area contributed by atoms with Crippen LogP contribution in [0.25, 0.3) is 0 Å². The molecule has 0 aliphatic carbocycles. The van der Waals surface area contributed by atoms with Crippen molar-refractivity contribution in [3.63, 3.8) is 0 Å². The molecule has 7 heteroatoms. The van der Waals surface area contributed by atoms with E-state index in [9.17, 15) is 0 Å². The van der Waals surface area contributed by atoms with Gasteiger partial charge in [0.15, 0.2) is 5.96 Å². The lowest BCUT2D eigenvalue weighted by Gasteiger charge is -2.47. The van der Waals surface area contributed by atoms with Crippen LogP contribution in [0, 0.1) is 0 Å². The second-order valence-electron chi connectivity index (χ2n) is 6.37. The highest BCUT2D eigenvalue weighted by Crippen LogP contribution is 2.18. The SMILES string of the molecule is CN=C(NCC1CN2CCN1CC2)N(C)Cc1ccccc1Br.I. The van der Waals surface area contributed by atoms with Crippen LogP contribution in [-0.2, 0) is 6.54 Å². The summed E-state index contributed by atoms with van der Waals surface area (Å²) in [5.41, 5.74) is 1.27. The van der Waals surface area contributed by atoms with Crippen molar-refractivity contribution >= 4 is 45.9 Å². The Labute approximate surface area is 170 Å². The van der Waals surface area contributed by atoms with Crippen molar-refractivity contribution in [2.24, 2.45) is 4.99 Å². The molecule has 0 spiro atoms. The van der Waals surface area contributed by atoms with E-state index in [0.29, 0.717) is 6.04 Å². The first-order chi connectivity index (χ1) is 11.2. The molecule has 1 aromatic carbocycles. The summed E-state index contributed by atoms with van der Waals surface area (Å²) in [6.07, 6.45) is 0. The number of aliphatic imine (C=N–C) groups is 1. The Morgan fingerprint density at radius 2 is 2.00 bits per heavy atom. The molecular formula is C17H27BrIN5. The number of rotatable bonds is 4. The predicted octanol–water partition coefficient (Wildman–Crippen LogP) is 2.07. The number of halogens is 2. The number of fused-ring (bicyclic) bond motifs is 3. The zero-order chi connectivity index (χ0) is 16.2. The zero-order valence-electron chi connectivity index (χ0n) is 14.4. The smallest absolute Gasteiger partial charge is 0.193 e. The number of benzene rings is 1. The van der Waals surface area contributed by atoms with Gasteiger partial charge in [-0.15, -0.1) is 24.0 Å². The topological polar surface area (TPSA) is 34.1 Å². The van der Waals surface area contributed by atoms with Gasteiger partial charge in [-0.05, 0) is 11.6 Å². The second-order valence-corrected chi connectivity index (χ2v) is 7.22. The van der Waals surface area contributed by atoms with Gasteiger partial charge in [0.05, 0.1) is 0 Å². The summed E-state index contributed by atoms with van der Waals surface area (Å²) < 4.78 is 1.14. The average molecular weight is 508 g/mol. The fraction of sp³-hybridized carbons (Fsp3) is 0.588. The van der Waals surface area contributed by atoms with Crippen molar-refractivity contribution in [3.8, 4) is 0 Å². The van der Waals surface area contributed by atoms with E-state index < -0.39 is 0 Å². The molecule has 2 bridgehead atoms. The van der Waals surface area contributed by atoms with Crippen LogP contribution >= 0.6 is 39.9 Å². The average Bonchev–Trinajstić information content (AvgIpc) is 2.58. The summed E-state index contributed by atoms with van der Waals surface area (Å²) in [5.74, 6) is 0.957. The summed E-state index contributed by atoms with van der Waals surface area (Å²) in [4.78, 5) is 11.8. The fourth-order valence-electron chi connectivity index (χ4n) is 3.47. The van der Waals surface area contributed by atoms with Gasteiger partial charge in [0.25, 0.3) is 0 Å². The first-order valence-electron chi connectivity index (χ1n) is 8.29. The van der Waals surface area contributed by atoms with Crippen LogP contribution in [0.4, 0.5) is 0 Å². The molecule has 1 N–H and O–H groups in total. The lowest BCUT2D eigenvalue weighted by Crippen LogP contribution is -2.63. The molecule has 3 aliphatic rings. The molecule has 3 heterocycles. The van der Waals surface area contributed by atoms with Crippen LogP contribution in [0.15, 0.2) is 33.7 Å². The third-order valence-electron chi connectivity index (χ3n) is 4.83. The van der Waals surface area contributed by atoms with Gasteiger partial charge in [0.2, 0.25) is 0 Å². The number of piperazine rings is 3. The molecule has 1 atom stereocenters. The Bertz CT molecular complexity index is 560. The molecule has 1 unspecified atom stereocenters. The molecule has 24 heavy (non-hydrogen) atoms. The number of nitrogens with one attached hydrogen (secondary N) is 1. The van der Waals surface area contributed by atoms with Crippen LogP contribution in [0.3, 0.4) is 0 Å². The van der Waals surface area contributed by atoms with E-state index in [0.717, 1.165) is 23.5 Å². The van der Waals surface area contributed by atoms with E-state index in [1.54, 1.807) is 0 Å². The Kier molecular flexibility index (Phi) is 7.77. The van der Waals surface area contributed by atoms with E-state index in [-0.39, 0.29) is 24.0 Å². The molecule has 1 aromatic rings. The maximum Gasteiger partial charge on any atom is 0.193 e. The molecule has 3 fully saturated rings. The van der Waals surface area contributed by atoms with E-state index in [2.05, 4.69) is 66.2 Å². The summed E-state index contributed by atoms with van der Waals surface area (Å²) in [6.45, 7) is 7.85. The van der Waals surface area contributed by atoms with Crippen molar-refractivity contribution in [2.75, 3.05) is 53.4 Å². The third-order valence-corrected chi connectivity index (χ3v) is 5.60. The Hall–Kier alpha value is -0.380. The van der Waals surface area contributed by atoms with Crippen molar-refractivity contribution in [3.05, 3.63) is 34.3 Å². The zero-order valence-corrected chi connectivity index (χ0v) is 18.3. The van der Waals surface area contributed by atoms with Crippen molar-refractivity contribution in [2.45, 2.75) is 12.6 Å². The van der Waals surface area contributed by atoms with E-state index in [1.807, 2.05) is 13.1 Å². The molecule has 3 saturated heterocycles. The Morgan fingerprint density at radius 3 is 2.58 bits per heavy atom. The van der Waals surface area contributed by atoms with Crippen LogP contribution in [0.5, 0.6) is 0 Å². The second kappa shape index (κ2) is 9.35. The minimum atomic E-state index is 0. The normalized spacial score (nSPS) is 26.0. The highest BCUT2D eigenvalue weighted by Gasteiger charge is 2.31. The third kappa shape index (κ3) is 4.83. The lowest BCUT2D eigenvalue weighted by molar-refractivity contribution is 0.0152. The minimum Gasteiger partial charge on any atom is -0.355 e. The Morgan fingerprint density at radius 1 is 1.29 bits per heavy atom. The van der Waals surface area contributed by atoms with Gasteiger partial charge < -0.3 is 10.2 Å². The van der Waals surface area contributed by atoms with Crippen LogP contribution < -0.4 is 5.32 Å². The summed E-state index contributed by atoms with van der Waals surface area (Å²) >= 11 is 3.62. The van der Waals surface area contributed by atoms with Crippen LogP contribution in [-0.4, -0.2) is 80.1 Å². The molecule has 134 valence electrons. The van der Waals surface area contributed by atoms with Gasteiger partial charge >= 0.3 is 0 Å². The van der Waals surface area contributed by atoms with Gasteiger partial charge in [0, 0.05) is 70.4 Å². The number of hydrogen-bond donors (Lipinski definition) is 1. The van der Waals surface area contributed by atoms with E-state index in [4.69, 9.17) is 0 Å². The maximum absolute atomic E-state index is 4.44. The van der Waals surface area contributed by atoms with Gasteiger partial charge in [0.1, 0.15) is 0 Å². The molecule has 4 rings (SSSR count). The van der Waals surface area contributed by atoms with Crippen LogP contribution in [0.2, 0.25) is 0 Å². The molecular weight excluding hydrogens is 481 g/mol. The van der Waals surface area contributed by atoms with Crippen LogP contribution in [0.1, 0.15) is 5.56 Å². The van der Waals surface area contributed by atoms with Crippen molar-refractivity contribution in [1.82, 2.24) is 20.0 Å². The van der Waals surface area contributed by atoms with E-state index >= 15 is 0 Å². The first-order valence-corrected chi connectivity index (χ1v) is 9.08. The monoisotopic (exact) mass is 507 g/mol. The Balaban J connectivity index is 0.00000208. The molecule has 0 saturated carbocycles. The molecule has 0 aromatic heterocycles. The molecule has 3 aliphatic heterocycles. The van der Waals surface area contributed by atoms with Gasteiger partial charge in [-0.3, -0.25) is 14.8 Å². The minimum absolute atomic E-state index is 0. The number of nitrogens with zero attached hydrogens (tertiary/aromatic N) is 4. The first kappa shape index (κ1) is 19.9. The summed E-state index contributed by atoms with van der Waals surface area (Å²) in [5, 5.41) is 3.56. The highest BCUT2D eigenvalue weighted by atomic mass is 127. The maximum atomic E-state index is 4.44. The molecule has 0 radical (unpaired) electrons. The number of hydrogen-bond acceptors (Lipinski definition) is 3. The standard InChI is InChI=1S/C17H26BrN5.HI/c1-19-17(21(2)12-14-5-3-4-6-16(14)18)20-11-15-13-22-7-9-23(15)10-8-22;/h3-6,15H,7-13H2,1-2H3,(H,19,20);1H. The summed E-state index contributed by atoms with van der Waals surface area (Å²) in [7, 11) is 3.95. The highest BCUT2D eigenvalue weighted by molar-refractivity contribution is 14.0.